The molecule has 2 heterocycles. The molecule has 1 saturated heterocycles. The van der Waals surface area contributed by atoms with Crippen molar-refractivity contribution < 1.29 is 13.2 Å². The Kier molecular flexibility index (Phi) is 6.80. The molecule has 2 N–H and O–H groups in total. The van der Waals surface area contributed by atoms with Crippen LogP contribution in [0.2, 0.25) is 0 Å². The van der Waals surface area contributed by atoms with E-state index in [9.17, 15) is 13.2 Å². The van der Waals surface area contributed by atoms with E-state index in [-0.39, 0.29) is 29.3 Å². The monoisotopic (exact) mass is 379 g/mol. The number of piperazine rings is 1. The number of amides is 1. The maximum atomic E-state index is 12.6. The van der Waals surface area contributed by atoms with Crippen LogP contribution in [-0.2, 0) is 21.9 Å². The van der Waals surface area contributed by atoms with Crippen molar-refractivity contribution in [3.8, 4) is 0 Å². The maximum absolute atomic E-state index is 12.6. The van der Waals surface area contributed by atoms with Gasteiger partial charge in [-0.1, -0.05) is 0 Å². The van der Waals surface area contributed by atoms with E-state index in [1.165, 1.54) is 4.68 Å². The molecule has 1 amide bonds. The van der Waals surface area contributed by atoms with Gasteiger partial charge in [-0.25, -0.2) is 8.42 Å². The van der Waals surface area contributed by atoms with E-state index in [0.29, 0.717) is 24.5 Å². The van der Waals surface area contributed by atoms with E-state index in [1.807, 2.05) is 6.92 Å². The molecule has 0 radical (unpaired) electrons. The second kappa shape index (κ2) is 7.81. The van der Waals surface area contributed by atoms with Gasteiger partial charge >= 0.3 is 0 Å². The third kappa shape index (κ3) is 4.08. The molecule has 1 aromatic heterocycles. The first kappa shape index (κ1) is 20.9. The molecular formula is C14H26ClN5O3S. The molecule has 2 atom stereocenters. The molecular weight excluding hydrogens is 354 g/mol. The highest BCUT2D eigenvalue weighted by atomic mass is 35.5. The molecule has 0 spiro atoms. The first-order chi connectivity index (χ1) is 10.6. The van der Waals surface area contributed by atoms with Crippen LogP contribution in [-0.4, -0.2) is 60.7 Å². The van der Waals surface area contributed by atoms with Crippen LogP contribution >= 0.6 is 12.4 Å². The number of aromatic nitrogens is 2. The van der Waals surface area contributed by atoms with Gasteiger partial charge in [0.2, 0.25) is 15.9 Å². The Morgan fingerprint density at radius 1 is 1.42 bits per heavy atom. The van der Waals surface area contributed by atoms with Gasteiger partial charge in [-0.3, -0.25) is 9.48 Å². The molecule has 24 heavy (non-hydrogen) atoms. The van der Waals surface area contributed by atoms with Crippen LogP contribution in [0.3, 0.4) is 0 Å². The third-order valence-electron chi connectivity index (χ3n) is 4.20. The molecule has 0 bridgehead atoms. The molecule has 0 aromatic carbocycles. The topological polar surface area (TPSA) is 96.3 Å². The number of nitrogens with one attached hydrogen (secondary N) is 2. The highest BCUT2D eigenvalue weighted by Crippen LogP contribution is 2.19. The van der Waals surface area contributed by atoms with Crippen molar-refractivity contribution in [2.75, 3.05) is 19.6 Å². The molecule has 10 heteroatoms. The minimum absolute atomic E-state index is 0. The van der Waals surface area contributed by atoms with Crippen LogP contribution in [0.15, 0.2) is 4.90 Å². The number of hydrogen-bond donors (Lipinski definition) is 2. The molecule has 1 fully saturated rings. The summed E-state index contributed by atoms with van der Waals surface area (Å²) in [5.41, 5.74) is 0.970. The van der Waals surface area contributed by atoms with Crippen LogP contribution in [0.4, 0.5) is 0 Å². The van der Waals surface area contributed by atoms with Crippen molar-refractivity contribution in [1.29, 1.82) is 0 Å². The summed E-state index contributed by atoms with van der Waals surface area (Å²) in [6, 6.07) is -0.773. The number of carbonyl (C=O) groups excluding carboxylic acids is 1. The third-order valence-corrected chi connectivity index (χ3v) is 5.99. The fraction of sp³-hybridized carbons (Fsp3) is 0.714. The molecule has 2 unspecified atom stereocenters. The fourth-order valence-corrected chi connectivity index (χ4v) is 4.54. The molecule has 1 aliphatic rings. The van der Waals surface area contributed by atoms with Crippen LogP contribution in [0, 0.1) is 13.8 Å². The van der Waals surface area contributed by atoms with Crippen LogP contribution in [0.5, 0.6) is 0 Å². The van der Waals surface area contributed by atoms with Crippen LogP contribution in [0.25, 0.3) is 0 Å². The summed E-state index contributed by atoms with van der Waals surface area (Å²) < 4.78 is 29.3. The van der Waals surface area contributed by atoms with Gasteiger partial charge in [-0.2, -0.15) is 9.82 Å². The Hall–Kier alpha value is -1.16. The van der Waals surface area contributed by atoms with Gasteiger partial charge < -0.3 is 10.2 Å². The van der Waals surface area contributed by atoms with Crippen molar-refractivity contribution in [1.82, 2.24) is 24.7 Å². The minimum atomic E-state index is -3.80. The van der Waals surface area contributed by atoms with E-state index in [0.717, 1.165) is 6.54 Å². The Morgan fingerprint density at radius 2 is 2.04 bits per heavy atom. The van der Waals surface area contributed by atoms with Gasteiger partial charge in [0.25, 0.3) is 0 Å². The number of halogens is 1. The van der Waals surface area contributed by atoms with Crippen molar-refractivity contribution in [2.45, 2.75) is 44.7 Å². The van der Waals surface area contributed by atoms with Gasteiger partial charge in [-0.15, -0.1) is 12.4 Å². The standard InChI is InChI=1S/C14H25N5O3S.ClH/c1-9-8-15-6-7-19(9)14(20)11(3)17-23(21,22)13-10(2)16-18(5)12(13)4;/h9,11,15,17H,6-8H2,1-5H3;1H. The molecule has 1 aliphatic heterocycles. The zero-order valence-electron chi connectivity index (χ0n) is 14.7. The highest BCUT2D eigenvalue weighted by molar-refractivity contribution is 7.89. The lowest BCUT2D eigenvalue weighted by Crippen LogP contribution is -2.57. The second-order valence-electron chi connectivity index (χ2n) is 6.05. The molecule has 8 nitrogen and oxygen atoms in total. The Labute approximate surface area is 149 Å². The molecule has 138 valence electrons. The number of hydrogen-bond acceptors (Lipinski definition) is 5. The molecule has 0 saturated carbocycles. The SMILES string of the molecule is Cc1nn(C)c(C)c1S(=O)(=O)NC(C)C(=O)N1CCNCC1C.Cl. The Morgan fingerprint density at radius 3 is 2.54 bits per heavy atom. The fourth-order valence-electron chi connectivity index (χ4n) is 2.90. The normalized spacial score (nSPS) is 19.7. The number of rotatable bonds is 4. The van der Waals surface area contributed by atoms with Gasteiger partial charge in [0.05, 0.1) is 17.4 Å². The summed E-state index contributed by atoms with van der Waals surface area (Å²) in [4.78, 5) is 14.4. The van der Waals surface area contributed by atoms with Crippen LogP contribution < -0.4 is 10.0 Å². The van der Waals surface area contributed by atoms with Crippen molar-refractivity contribution in [3.63, 3.8) is 0 Å². The van der Waals surface area contributed by atoms with Crippen LogP contribution in [0.1, 0.15) is 25.2 Å². The Balaban J connectivity index is 0.00000288. The maximum Gasteiger partial charge on any atom is 0.244 e. The van der Waals surface area contributed by atoms with Gasteiger partial charge in [-0.05, 0) is 27.7 Å². The molecule has 2 rings (SSSR count). The first-order valence-corrected chi connectivity index (χ1v) is 9.17. The second-order valence-corrected chi connectivity index (χ2v) is 7.70. The van der Waals surface area contributed by atoms with Gasteiger partial charge in [0.15, 0.2) is 0 Å². The summed E-state index contributed by atoms with van der Waals surface area (Å²) in [5, 5.41) is 7.33. The summed E-state index contributed by atoms with van der Waals surface area (Å²) in [5.74, 6) is -0.207. The average molecular weight is 380 g/mol. The molecule has 0 aliphatic carbocycles. The van der Waals surface area contributed by atoms with E-state index < -0.39 is 16.1 Å². The zero-order valence-corrected chi connectivity index (χ0v) is 16.3. The lowest BCUT2D eigenvalue weighted by atomic mass is 10.2. The quantitative estimate of drug-likeness (QED) is 0.764. The summed E-state index contributed by atoms with van der Waals surface area (Å²) >= 11 is 0. The smallest absolute Gasteiger partial charge is 0.244 e. The molecule has 1 aromatic rings. The minimum Gasteiger partial charge on any atom is -0.336 e. The number of carbonyl (C=O) groups is 1. The summed E-state index contributed by atoms with van der Waals surface area (Å²) in [7, 11) is -2.10. The number of aryl methyl sites for hydroxylation is 2. The van der Waals surface area contributed by atoms with Crippen molar-refractivity contribution in [3.05, 3.63) is 11.4 Å². The number of sulfonamides is 1. The van der Waals surface area contributed by atoms with E-state index in [2.05, 4.69) is 15.1 Å². The zero-order chi connectivity index (χ0) is 17.4. The van der Waals surface area contributed by atoms with Crippen molar-refractivity contribution in [2.24, 2.45) is 7.05 Å². The predicted molar refractivity (Wildman–Crippen MR) is 93.8 cm³/mol. The highest BCUT2D eigenvalue weighted by Gasteiger charge is 2.31. The number of nitrogens with zero attached hydrogens (tertiary/aromatic N) is 3. The van der Waals surface area contributed by atoms with Gasteiger partial charge in [0, 0.05) is 32.7 Å². The van der Waals surface area contributed by atoms with E-state index in [1.54, 1.807) is 32.7 Å². The van der Waals surface area contributed by atoms with E-state index in [4.69, 9.17) is 0 Å². The largest absolute Gasteiger partial charge is 0.336 e. The summed E-state index contributed by atoms with van der Waals surface area (Å²) in [6.07, 6.45) is 0. The lowest BCUT2D eigenvalue weighted by Gasteiger charge is -2.35. The van der Waals surface area contributed by atoms with Gasteiger partial charge in [0.1, 0.15) is 4.90 Å². The predicted octanol–water partition coefficient (Wildman–Crippen LogP) is -0.0542. The van der Waals surface area contributed by atoms with E-state index >= 15 is 0 Å². The average Bonchev–Trinajstić information content (AvgIpc) is 2.71. The lowest BCUT2D eigenvalue weighted by molar-refractivity contribution is -0.135. The first-order valence-electron chi connectivity index (χ1n) is 7.69. The van der Waals surface area contributed by atoms with Crippen molar-refractivity contribution >= 4 is 28.3 Å². The Bertz CT molecular complexity index is 704. The summed E-state index contributed by atoms with van der Waals surface area (Å²) in [6.45, 7) is 8.88.